The van der Waals surface area contributed by atoms with Gasteiger partial charge in [-0.2, -0.15) is 0 Å². The van der Waals surface area contributed by atoms with E-state index in [1.54, 1.807) is 4.90 Å². The van der Waals surface area contributed by atoms with Crippen molar-refractivity contribution in [1.82, 2.24) is 10.2 Å². The fourth-order valence-electron chi connectivity index (χ4n) is 4.53. The molecule has 1 saturated heterocycles. The minimum Gasteiger partial charge on any atom is -0.468 e. The summed E-state index contributed by atoms with van der Waals surface area (Å²) in [7, 11) is 1.43. The Balaban J connectivity index is 1.97. The fourth-order valence-corrected chi connectivity index (χ4v) is 4.53. The Hall–Kier alpha value is -1.88. The molecule has 3 rings (SSSR count). The van der Waals surface area contributed by atoms with E-state index in [1.165, 1.54) is 7.11 Å². The van der Waals surface area contributed by atoms with Gasteiger partial charge in [-0.05, 0) is 38.2 Å². The minimum absolute atomic E-state index is 0.0406. The summed E-state index contributed by atoms with van der Waals surface area (Å²) in [5.41, 5.74) is -0.131. The van der Waals surface area contributed by atoms with Crippen molar-refractivity contribution >= 4 is 12.4 Å². The monoisotopic (exact) mass is 316 g/mol. The molecule has 3 atom stereocenters. The number of rotatable bonds is 5. The number of hydrogen-bond acceptors (Lipinski definition) is 4. The zero-order valence-electron chi connectivity index (χ0n) is 13.7. The highest BCUT2D eigenvalue weighted by molar-refractivity contribution is 5.81. The van der Waals surface area contributed by atoms with Crippen LogP contribution in [0.15, 0.2) is 30.3 Å². The first-order valence-electron chi connectivity index (χ1n) is 8.23. The summed E-state index contributed by atoms with van der Waals surface area (Å²) in [6.45, 7) is 2.67. The van der Waals surface area contributed by atoms with Crippen molar-refractivity contribution in [3.63, 3.8) is 0 Å². The zero-order valence-corrected chi connectivity index (χ0v) is 13.7. The Morgan fingerprint density at radius 3 is 2.70 bits per heavy atom. The molecule has 1 aliphatic heterocycles. The van der Waals surface area contributed by atoms with Gasteiger partial charge in [0.15, 0.2) is 0 Å². The smallest absolute Gasteiger partial charge is 0.315 e. The van der Waals surface area contributed by atoms with E-state index < -0.39 is 11.1 Å². The molecule has 5 heteroatoms. The van der Waals surface area contributed by atoms with E-state index in [-0.39, 0.29) is 12.0 Å². The van der Waals surface area contributed by atoms with Gasteiger partial charge in [-0.15, -0.1) is 0 Å². The van der Waals surface area contributed by atoms with Crippen molar-refractivity contribution in [3.05, 3.63) is 35.9 Å². The Kier molecular flexibility index (Phi) is 4.15. The van der Waals surface area contributed by atoms with Gasteiger partial charge in [0.2, 0.25) is 6.41 Å². The number of nitrogens with one attached hydrogen (secondary N) is 1. The standard InChI is InChI=1S/C18H24N2O3/c1-14(15-7-4-3-5-8-15)19-18-10-6-9-17(18,16(22)23-2)11-12-20(18)13-21/h3-5,7-8,13-14,19H,6,9-12H2,1-2H3. The van der Waals surface area contributed by atoms with Gasteiger partial charge in [-0.3, -0.25) is 14.9 Å². The van der Waals surface area contributed by atoms with E-state index in [1.807, 2.05) is 18.2 Å². The molecule has 23 heavy (non-hydrogen) atoms. The average molecular weight is 316 g/mol. The Morgan fingerprint density at radius 2 is 2.04 bits per heavy atom. The van der Waals surface area contributed by atoms with E-state index in [4.69, 9.17) is 4.74 Å². The number of carbonyl (C=O) groups excluding carboxylic acids is 2. The quantitative estimate of drug-likeness (QED) is 0.668. The number of likely N-dealkylation sites (tertiary alicyclic amines) is 1. The molecule has 2 fully saturated rings. The molecule has 5 nitrogen and oxygen atoms in total. The van der Waals surface area contributed by atoms with Crippen LogP contribution in [0, 0.1) is 5.41 Å². The lowest BCUT2D eigenvalue weighted by atomic mass is 9.77. The number of amides is 1. The predicted molar refractivity (Wildman–Crippen MR) is 86.4 cm³/mol. The van der Waals surface area contributed by atoms with Crippen LogP contribution in [-0.2, 0) is 14.3 Å². The normalized spacial score (nSPS) is 30.8. The zero-order chi connectivity index (χ0) is 16.5. The van der Waals surface area contributed by atoms with Gasteiger partial charge >= 0.3 is 5.97 Å². The van der Waals surface area contributed by atoms with Gasteiger partial charge in [0, 0.05) is 12.6 Å². The summed E-state index contributed by atoms with van der Waals surface area (Å²) in [6, 6.07) is 10.1. The van der Waals surface area contributed by atoms with Gasteiger partial charge in [0.25, 0.3) is 0 Å². The van der Waals surface area contributed by atoms with Crippen LogP contribution in [-0.4, -0.2) is 36.6 Å². The molecule has 1 aliphatic carbocycles. The number of benzene rings is 1. The van der Waals surface area contributed by atoms with Crippen LogP contribution >= 0.6 is 0 Å². The summed E-state index contributed by atoms with van der Waals surface area (Å²) in [5.74, 6) is -0.202. The molecule has 124 valence electrons. The Bertz CT molecular complexity index is 591. The number of fused-ring (bicyclic) bond motifs is 1. The van der Waals surface area contributed by atoms with Crippen LogP contribution in [0.3, 0.4) is 0 Å². The first-order valence-corrected chi connectivity index (χ1v) is 8.23. The van der Waals surface area contributed by atoms with Crippen LogP contribution in [0.2, 0.25) is 0 Å². The van der Waals surface area contributed by atoms with Gasteiger partial charge in [-0.25, -0.2) is 0 Å². The van der Waals surface area contributed by atoms with Crippen LogP contribution in [0.5, 0.6) is 0 Å². The SMILES string of the molecule is COC(=O)C12CCCC1(NC(C)c1ccccc1)N(C=O)CC2. The van der Waals surface area contributed by atoms with Crippen LogP contribution in [0.1, 0.15) is 44.2 Å². The lowest BCUT2D eigenvalue weighted by molar-refractivity contribution is -0.159. The van der Waals surface area contributed by atoms with E-state index >= 15 is 0 Å². The fraction of sp³-hybridized carbons (Fsp3) is 0.556. The molecule has 2 aliphatic rings. The number of nitrogens with zero attached hydrogens (tertiary/aromatic N) is 1. The highest BCUT2D eigenvalue weighted by Gasteiger charge is 2.66. The first kappa shape index (κ1) is 16.0. The summed E-state index contributed by atoms with van der Waals surface area (Å²) in [4.78, 5) is 26.0. The first-order chi connectivity index (χ1) is 11.1. The van der Waals surface area contributed by atoms with E-state index in [0.717, 1.165) is 31.2 Å². The van der Waals surface area contributed by atoms with Crippen molar-refractivity contribution < 1.29 is 14.3 Å². The van der Waals surface area contributed by atoms with Crippen LogP contribution < -0.4 is 5.32 Å². The van der Waals surface area contributed by atoms with Crippen molar-refractivity contribution in [2.24, 2.45) is 5.41 Å². The Morgan fingerprint density at radius 1 is 1.30 bits per heavy atom. The summed E-state index contributed by atoms with van der Waals surface area (Å²) < 4.78 is 5.12. The largest absolute Gasteiger partial charge is 0.468 e. The molecule has 0 radical (unpaired) electrons. The van der Waals surface area contributed by atoms with Gasteiger partial charge in [-0.1, -0.05) is 30.3 Å². The van der Waals surface area contributed by atoms with Crippen molar-refractivity contribution in [3.8, 4) is 0 Å². The lowest BCUT2D eigenvalue weighted by Gasteiger charge is -2.44. The number of methoxy groups -OCH3 is 1. The van der Waals surface area contributed by atoms with Crippen LogP contribution in [0.25, 0.3) is 0 Å². The minimum atomic E-state index is -0.642. The number of hydrogen-bond donors (Lipinski definition) is 1. The topological polar surface area (TPSA) is 58.6 Å². The highest BCUT2D eigenvalue weighted by Crippen LogP contribution is 2.56. The Labute approximate surface area is 137 Å². The second-order valence-corrected chi connectivity index (χ2v) is 6.61. The second kappa shape index (κ2) is 5.96. The molecule has 0 bridgehead atoms. The molecular weight excluding hydrogens is 292 g/mol. The number of ether oxygens (including phenoxy) is 1. The molecule has 1 N–H and O–H groups in total. The third kappa shape index (κ3) is 2.26. The molecule has 1 aromatic rings. The van der Waals surface area contributed by atoms with E-state index in [0.29, 0.717) is 13.0 Å². The summed E-state index contributed by atoms with van der Waals surface area (Å²) in [5, 5.41) is 3.62. The summed E-state index contributed by atoms with van der Waals surface area (Å²) in [6.07, 6.45) is 3.98. The second-order valence-electron chi connectivity index (χ2n) is 6.61. The van der Waals surface area contributed by atoms with Gasteiger partial charge in [0.1, 0.15) is 11.1 Å². The van der Waals surface area contributed by atoms with Crippen molar-refractivity contribution in [2.75, 3.05) is 13.7 Å². The molecule has 0 aromatic heterocycles. The van der Waals surface area contributed by atoms with Crippen molar-refractivity contribution in [1.29, 1.82) is 0 Å². The predicted octanol–water partition coefficient (Wildman–Crippen LogP) is 2.24. The van der Waals surface area contributed by atoms with Crippen molar-refractivity contribution in [2.45, 2.75) is 44.3 Å². The summed E-state index contributed by atoms with van der Waals surface area (Å²) >= 11 is 0. The van der Waals surface area contributed by atoms with E-state index in [2.05, 4.69) is 24.4 Å². The maximum Gasteiger partial charge on any atom is 0.315 e. The molecule has 3 unspecified atom stereocenters. The van der Waals surface area contributed by atoms with Crippen LogP contribution in [0.4, 0.5) is 0 Å². The lowest BCUT2D eigenvalue weighted by Crippen LogP contribution is -2.63. The third-order valence-electron chi connectivity index (χ3n) is 5.66. The van der Waals surface area contributed by atoms with E-state index in [9.17, 15) is 9.59 Å². The van der Waals surface area contributed by atoms with Gasteiger partial charge in [0.05, 0.1) is 7.11 Å². The number of carbonyl (C=O) groups is 2. The molecule has 1 heterocycles. The average Bonchev–Trinajstić information content (AvgIpc) is 3.08. The third-order valence-corrected chi connectivity index (χ3v) is 5.66. The molecule has 1 saturated carbocycles. The molecule has 1 amide bonds. The maximum absolute atomic E-state index is 12.6. The molecule has 0 spiro atoms. The highest BCUT2D eigenvalue weighted by atomic mass is 16.5. The molecule has 1 aromatic carbocycles. The number of esters is 1. The van der Waals surface area contributed by atoms with Gasteiger partial charge < -0.3 is 9.64 Å². The molecular formula is C18H24N2O3. The maximum atomic E-state index is 12.6.